The number of rotatable bonds is 6. The monoisotopic (exact) mass is 446 g/mol. The Kier molecular flexibility index (Phi) is 5.50. The predicted molar refractivity (Wildman–Crippen MR) is 117 cm³/mol. The van der Waals surface area contributed by atoms with Gasteiger partial charge in [-0.05, 0) is 30.4 Å². The molecule has 4 rings (SSSR count). The van der Waals surface area contributed by atoms with E-state index in [4.69, 9.17) is 17.3 Å². The molecule has 10 nitrogen and oxygen atoms in total. The largest absolute Gasteiger partial charge is 0.390 e. The summed E-state index contributed by atoms with van der Waals surface area (Å²) in [4.78, 5) is 10.5. The Morgan fingerprint density at radius 2 is 2.10 bits per heavy atom. The molecule has 2 aromatic heterocycles. The van der Waals surface area contributed by atoms with Crippen molar-refractivity contribution in [3.8, 4) is 0 Å². The average Bonchev–Trinajstić information content (AvgIpc) is 3.41. The lowest BCUT2D eigenvalue weighted by Crippen LogP contribution is -2.32. The van der Waals surface area contributed by atoms with Crippen LogP contribution in [-0.4, -0.2) is 35.0 Å². The van der Waals surface area contributed by atoms with Gasteiger partial charge in [0.05, 0.1) is 23.4 Å². The summed E-state index contributed by atoms with van der Waals surface area (Å²) < 4.78 is 3.35. The first-order valence-electron chi connectivity index (χ1n) is 9.11. The molecule has 1 aliphatic rings. The predicted octanol–water partition coefficient (Wildman–Crippen LogP) is 3.37. The molecule has 156 valence electrons. The van der Waals surface area contributed by atoms with Crippen LogP contribution in [0.15, 0.2) is 47.7 Å². The third-order valence-electron chi connectivity index (χ3n) is 4.66. The van der Waals surface area contributed by atoms with Crippen LogP contribution in [0.25, 0.3) is 0 Å². The zero-order chi connectivity index (χ0) is 21.4. The number of aromatic nitrogens is 4. The van der Waals surface area contributed by atoms with Gasteiger partial charge in [0, 0.05) is 17.3 Å². The lowest BCUT2D eigenvalue weighted by molar-refractivity contribution is -0.389. The maximum absolute atomic E-state index is 11.0. The molecule has 0 spiro atoms. The van der Waals surface area contributed by atoms with Crippen molar-refractivity contribution in [3.63, 3.8) is 0 Å². The number of nitrogens with zero attached hydrogens (tertiary/aromatic N) is 7. The number of thioether (sulfide) groups is 1. The summed E-state index contributed by atoms with van der Waals surface area (Å²) in [5, 5.41) is 27.2. The zero-order valence-electron chi connectivity index (χ0n) is 16.2. The molecule has 1 aromatic carbocycles. The highest BCUT2D eigenvalue weighted by atomic mass is 35.5. The molecule has 2 unspecified atom stereocenters. The van der Waals surface area contributed by atoms with E-state index in [0.717, 1.165) is 5.56 Å². The summed E-state index contributed by atoms with van der Waals surface area (Å²) in [6, 6.07) is 10.6. The van der Waals surface area contributed by atoms with E-state index in [0.29, 0.717) is 28.1 Å². The maximum Gasteiger partial charge on any atom is 0.390 e. The van der Waals surface area contributed by atoms with E-state index >= 15 is 0 Å². The summed E-state index contributed by atoms with van der Waals surface area (Å²) in [7, 11) is 0. The highest BCUT2D eigenvalue weighted by molar-refractivity contribution is 8.14. The summed E-state index contributed by atoms with van der Waals surface area (Å²) in [5.74, 6) is 0.412. The van der Waals surface area contributed by atoms with Crippen molar-refractivity contribution in [3.05, 3.63) is 69.0 Å². The standard InChI is InChI=1S/C18H19ClN8O2S/c1-11-9-16(27(28)29)22-25(11)12(2)17-23-26(18(20)30-17)15-7-8-24(21-15)10-13-5-3-4-6-14(13)19/h3-9,12,18H,10,20H2,1-2H3. The van der Waals surface area contributed by atoms with Crippen LogP contribution in [0.2, 0.25) is 5.02 Å². The molecular weight excluding hydrogens is 428 g/mol. The van der Waals surface area contributed by atoms with Crippen molar-refractivity contribution < 1.29 is 4.92 Å². The van der Waals surface area contributed by atoms with Crippen LogP contribution >= 0.6 is 23.4 Å². The number of hydrogen-bond donors (Lipinski definition) is 1. The second kappa shape index (κ2) is 8.09. The van der Waals surface area contributed by atoms with Gasteiger partial charge in [-0.15, -0.1) is 0 Å². The van der Waals surface area contributed by atoms with Gasteiger partial charge in [0.25, 0.3) is 0 Å². The van der Waals surface area contributed by atoms with Crippen LogP contribution in [0, 0.1) is 17.0 Å². The molecule has 0 aliphatic carbocycles. The van der Waals surface area contributed by atoms with Gasteiger partial charge in [-0.2, -0.15) is 14.9 Å². The van der Waals surface area contributed by atoms with Crippen LogP contribution in [-0.2, 0) is 6.54 Å². The van der Waals surface area contributed by atoms with Gasteiger partial charge >= 0.3 is 5.82 Å². The minimum Gasteiger partial charge on any atom is -0.358 e. The van der Waals surface area contributed by atoms with Crippen molar-refractivity contribution in [2.75, 3.05) is 5.01 Å². The van der Waals surface area contributed by atoms with E-state index in [9.17, 15) is 10.1 Å². The Hall–Kier alpha value is -2.89. The fourth-order valence-electron chi connectivity index (χ4n) is 3.14. The minimum absolute atomic E-state index is 0.192. The first kappa shape index (κ1) is 20.4. The molecule has 12 heteroatoms. The number of nitrogens with two attached hydrogens (primary N) is 1. The number of nitro groups is 1. The van der Waals surface area contributed by atoms with E-state index in [2.05, 4.69) is 15.3 Å². The fourth-order valence-corrected chi connectivity index (χ4v) is 4.27. The van der Waals surface area contributed by atoms with Crippen LogP contribution in [0.3, 0.4) is 0 Å². The number of aryl methyl sites for hydroxylation is 1. The molecule has 0 fully saturated rings. The van der Waals surface area contributed by atoms with E-state index < -0.39 is 10.4 Å². The van der Waals surface area contributed by atoms with Gasteiger partial charge in [0.1, 0.15) is 11.1 Å². The lowest BCUT2D eigenvalue weighted by atomic mass is 10.2. The van der Waals surface area contributed by atoms with Crippen LogP contribution in [0.4, 0.5) is 11.6 Å². The van der Waals surface area contributed by atoms with Gasteiger partial charge in [-0.3, -0.25) is 4.68 Å². The Balaban J connectivity index is 1.54. The topological polar surface area (TPSA) is 120 Å². The second-order valence-corrected chi connectivity index (χ2v) is 8.32. The molecule has 0 amide bonds. The Labute approximate surface area is 181 Å². The number of benzene rings is 1. The highest BCUT2D eigenvalue weighted by Gasteiger charge is 2.33. The van der Waals surface area contributed by atoms with Crippen molar-refractivity contribution in [1.82, 2.24) is 19.6 Å². The summed E-state index contributed by atoms with van der Waals surface area (Å²) in [6.07, 6.45) is 1.84. The lowest BCUT2D eigenvalue weighted by Gasteiger charge is -2.15. The first-order chi connectivity index (χ1) is 14.3. The summed E-state index contributed by atoms with van der Waals surface area (Å²) in [5.41, 5.74) is 7.43. The minimum atomic E-state index is -0.510. The normalized spacial score (nSPS) is 17.3. The smallest absolute Gasteiger partial charge is 0.358 e. The molecule has 2 atom stereocenters. The SMILES string of the molecule is Cc1cc([N+](=O)[O-])nn1C(C)C1=NN(c2ccn(Cc3ccccc3Cl)n2)C(N)S1. The fraction of sp³-hybridized carbons (Fsp3) is 0.278. The van der Waals surface area contributed by atoms with E-state index in [1.165, 1.54) is 17.8 Å². The van der Waals surface area contributed by atoms with Crippen molar-refractivity contribution in [2.45, 2.75) is 31.9 Å². The third kappa shape index (κ3) is 3.91. The Morgan fingerprint density at radius 1 is 1.33 bits per heavy atom. The number of hydrogen-bond acceptors (Lipinski definition) is 8. The first-order valence-corrected chi connectivity index (χ1v) is 10.4. The molecule has 0 radical (unpaired) electrons. The Bertz CT molecular complexity index is 1130. The van der Waals surface area contributed by atoms with Gasteiger partial charge in [-0.1, -0.05) is 41.6 Å². The zero-order valence-corrected chi connectivity index (χ0v) is 17.8. The molecule has 3 heterocycles. The number of halogens is 1. The van der Waals surface area contributed by atoms with Crippen LogP contribution in [0.5, 0.6) is 0 Å². The molecular formula is C18H19ClN8O2S. The van der Waals surface area contributed by atoms with Gasteiger partial charge < -0.3 is 15.8 Å². The van der Waals surface area contributed by atoms with Crippen LogP contribution in [0.1, 0.15) is 24.2 Å². The quantitative estimate of drug-likeness (QED) is 0.455. The van der Waals surface area contributed by atoms with Crippen molar-refractivity contribution >= 4 is 40.0 Å². The molecule has 2 N–H and O–H groups in total. The van der Waals surface area contributed by atoms with Gasteiger partial charge in [0.2, 0.25) is 0 Å². The summed E-state index contributed by atoms with van der Waals surface area (Å²) >= 11 is 7.60. The number of hydrazone groups is 1. The van der Waals surface area contributed by atoms with Crippen molar-refractivity contribution in [1.29, 1.82) is 0 Å². The molecule has 3 aromatic rings. The van der Waals surface area contributed by atoms with Gasteiger partial charge in [0.15, 0.2) is 11.3 Å². The van der Waals surface area contributed by atoms with E-state index in [-0.39, 0.29) is 11.9 Å². The second-order valence-electron chi connectivity index (χ2n) is 6.78. The average molecular weight is 447 g/mol. The van der Waals surface area contributed by atoms with Crippen LogP contribution < -0.4 is 10.7 Å². The Morgan fingerprint density at radius 3 is 2.80 bits per heavy atom. The molecule has 0 saturated carbocycles. The van der Waals surface area contributed by atoms with Gasteiger partial charge in [-0.25, -0.2) is 5.01 Å². The summed E-state index contributed by atoms with van der Waals surface area (Å²) in [6.45, 7) is 4.17. The third-order valence-corrected chi connectivity index (χ3v) is 6.14. The number of anilines is 1. The molecule has 0 saturated heterocycles. The van der Waals surface area contributed by atoms with Crippen molar-refractivity contribution in [2.24, 2.45) is 10.8 Å². The molecule has 30 heavy (non-hydrogen) atoms. The molecule has 1 aliphatic heterocycles. The maximum atomic E-state index is 11.0. The molecule has 0 bridgehead atoms. The van der Waals surface area contributed by atoms with E-state index in [1.54, 1.807) is 21.3 Å². The van der Waals surface area contributed by atoms with E-state index in [1.807, 2.05) is 43.5 Å². The highest BCUT2D eigenvalue weighted by Crippen LogP contribution is 2.33.